The molecule has 1 atom stereocenters. The zero-order chi connectivity index (χ0) is 12.8. The van der Waals surface area contributed by atoms with Crippen LogP contribution in [0.25, 0.3) is 0 Å². The molecule has 0 spiro atoms. The van der Waals surface area contributed by atoms with Crippen LogP contribution in [0, 0.1) is 0 Å². The topological polar surface area (TPSA) is 72.8 Å². The molecule has 5 heteroatoms. The van der Waals surface area contributed by atoms with Crippen molar-refractivity contribution in [1.82, 2.24) is 0 Å². The number of carbonyl (C=O) groups is 2. The van der Waals surface area contributed by atoms with Crippen molar-refractivity contribution in [2.24, 2.45) is 0 Å². The molecule has 0 aliphatic carbocycles. The summed E-state index contributed by atoms with van der Waals surface area (Å²) < 4.78 is 9.42. The number of carbonyl (C=O) groups excluding carboxylic acids is 2. The van der Waals surface area contributed by atoms with Crippen LogP contribution >= 0.6 is 0 Å². The molecule has 5 nitrogen and oxygen atoms in total. The van der Waals surface area contributed by atoms with E-state index < -0.39 is 17.7 Å². The number of rotatable bonds is 5. The smallest absolute Gasteiger partial charge is 0.373 e. The van der Waals surface area contributed by atoms with Crippen LogP contribution in [0.4, 0.5) is 0 Å². The van der Waals surface area contributed by atoms with Gasteiger partial charge in [-0.25, -0.2) is 9.59 Å². The van der Waals surface area contributed by atoms with Crippen molar-refractivity contribution in [2.75, 3.05) is 7.11 Å². The van der Waals surface area contributed by atoms with E-state index in [9.17, 15) is 14.7 Å². The lowest BCUT2D eigenvalue weighted by Crippen LogP contribution is -2.09. The second-order valence-electron chi connectivity index (χ2n) is 4.05. The second-order valence-corrected chi connectivity index (χ2v) is 4.05. The van der Waals surface area contributed by atoms with Crippen LogP contribution in [0.3, 0.4) is 0 Å². The molecule has 1 fully saturated rings. The van der Waals surface area contributed by atoms with E-state index in [1.807, 2.05) is 0 Å². The number of ether oxygens (including phenoxy) is 2. The highest BCUT2D eigenvalue weighted by Gasteiger charge is 2.33. The van der Waals surface area contributed by atoms with Crippen molar-refractivity contribution < 1.29 is 24.2 Å². The lowest BCUT2D eigenvalue weighted by atomic mass is 10.0. The molecule has 0 radical (unpaired) electrons. The summed E-state index contributed by atoms with van der Waals surface area (Å²) in [7, 11) is 1.15. The van der Waals surface area contributed by atoms with E-state index >= 15 is 0 Å². The lowest BCUT2D eigenvalue weighted by Gasteiger charge is -2.06. The third-order valence-corrected chi connectivity index (χ3v) is 2.75. The van der Waals surface area contributed by atoms with Crippen LogP contribution < -0.4 is 0 Å². The summed E-state index contributed by atoms with van der Waals surface area (Å²) in [5.74, 6) is -2.14. The quantitative estimate of drug-likeness (QED) is 0.345. The van der Waals surface area contributed by atoms with Crippen LogP contribution in [0.2, 0.25) is 0 Å². The van der Waals surface area contributed by atoms with Crippen molar-refractivity contribution in [3.8, 4) is 0 Å². The molecule has 96 valence electrons. The fourth-order valence-electron chi connectivity index (χ4n) is 1.77. The van der Waals surface area contributed by atoms with Gasteiger partial charge in [0.15, 0.2) is 0 Å². The van der Waals surface area contributed by atoms with Gasteiger partial charge in [-0.3, -0.25) is 0 Å². The minimum absolute atomic E-state index is 0.0262. The summed E-state index contributed by atoms with van der Waals surface area (Å²) in [5, 5.41) is 9.48. The van der Waals surface area contributed by atoms with Crippen molar-refractivity contribution in [3.05, 3.63) is 11.3 Å². The van der Waals surface area contributed by atoms with Crippen LogP contribution in [-0.4, -0.2) is 30.3 Å². The Morgan fingerprint density at radius 2 is 2.24 bits per heavy atom. The Morgan fingerprint density at radius 1 is 1.53 bits per heavy atom. The van der Waals surface area contributed by atoms with E-state index in [0.717, 1.165) is 32.8 Å². The van der Waals surface area contributed by atoms with Gasteiger partial charge in [0.1, 0.15) is 6.10 Å². The number of aliphatic hydroxyl groups is 1. The Kier molecular flexibility index (Phi) is 5.00. The van der Waals surface area contributed by atoms with Crippen molar-refractivity contribution in [1.29, 1.82) is 0 Å². The number of unbranched alkanes of at least 4 members (excludes halogenated alkanes) is 2. The summed E-state index contributed by atoms with van der Waals surface area (Å²) >= 11 is 0. The Labute approximate surface area is 100 Å². The highest BCUT2D eigenvalue weighted by molar-refractivity contribution is 5.99. The first kappa shape index (κ1) is 13.5. The van der Waals surface area contributed by atoms with Gasteiger partial charge >= 0.3 is 11.9 Å². The zero-order valence-corrected chi connectivity index (χ0v) is 10.2. The minimum atomic E-state index is -0.897. The first-order valence-electron chi connectivity index (χ1n) is 5.81. The van der Waals surface area contributed by atoms with Gasteiger partial charge in [0.05, 0.1) is 12.7 Å². The lowest BCUT2D eigenvalue weighted by molar-refractivity contribution is -0.142. The fraction of sp³-hybridized carbons (Fsp3) is 0.667. The molecule has 1 saturated heterocycles. The van der Waals surface area contributed by atoms with Gasteiger partial charge < -0.3 is 14.6 Å². The van der Waals surface area contributed by atoms with Crippen molar-refractivity contribution in [2.45, 2.75) is 45.1 Å². The average molecular weight is 242 g/mol. The largest absolute Gasteiger partial charge is 0.501 e. The predicted octanol–water partition coefficient (Wildman–Crippen LogP) is 1.87. The van der Waals surface area contributed by atoms with Crippen molar-refractivity contribution >= 4 is 11.9 Å². The van der Waals surface area contributed by atoms with Crippen LogP contribution in [0.15, 0.2) is 11.3 Å². The standard InChI is InChI=1S/C12H18O5/c1-3-4-5-6-8-7-9(11(14)17-8)10(13)12(15)16-2/h8,13H,3-7H2,1-2H3. The molecule has 0 aromatic carbocycles. The first-order valence-corrected chi connectivity index (χ1v) is 5.81. The maximum atomic E-state index is 11.4. The molecular formula is C12H18O5. The van der Waals surface area contributed by atoms with Gasteiger partial charge in [-0.15, -0.1) is 0 Å². The molecule has 17 heavy (non-hydrogen) atoms. The van der Waals surface area contributed by atoms with Gasteiger partial charge in [0.2, 0.25) is 5.76 Å². The fourth-order valence-corrected chi connectivity index (χ4v) is 1.77. The van der Waals surface area contributed by atoms with Gasteiger partial charge in [-0.1, -0.05) is 19.8 Å². The number of hydrogen-bond donors (Lipinski definition) is 1. The second kappa shape index (κ2) is 6.27. The molecule has 1 unspecified atom stereocenters. The minimum Gasteiger partial charge on any atom is -0.501 e. The maximum Gasteiger partial charge on any atom is 0.373 e. The number of hydrogen-bond acceptors (Lipinski definition) is 5. The normalized spacial score (nSPS) is 22.2. The van der Waals surface area contributed by atoms with Gasteiger partial charge in [0.25, 0.3) is 0 Å². The molecule has 1 heterocycles. The average Bonchev–Trinajstić information content (AvgIpc) is 2.69. The van der Waals surface area contributed by atoms with Gasteiger partial charge in [0, 0.05) is 6.42 Å². The summed E-state index contributed by atoms with van der Waals surface area (Å²) in [6.07, 6.45) is 3.96. The maximum absolute atomic E-state index is 11.4. The Balaban J connectivity index is 2.60. The zero-order valence-electron chi connectivity index (χ0n) is 10.2. The summed E-state index contributed by atoms with van der Waals surface area (Å²) in [6.45, 7) is 2.09. The molecule has 0 amide bonds. The monoisotopic (exact) mass is 242 g/mol. The van der Waals surface area contributed by atoms with E-state index in [2.05, 4.69) is 11.7 Å². The number of methoxy groups -OCH3 is 1. The van der Waals surface area contributed by atoms with Crippen LogP contribution in [0.1, 0.15) is 39.0 Å². The SMILES string of the molecule is CCCCCC1CC(=C(O)C(=O)OC)C(=O)O1. The Bertz CT molecular complexity index is 332. The molecule has 0 saturated carbocycles. The molecule has 0 aromatic rings. The Hall–Kier alpha value is -1.52. The molecule has 1 aliphatic rings. The van der Waals surface area contributed by atoms with E-state index in [-0.39, 0.29) is 18.1 Å². The molecule has 1 aliphatic heterocycles. The molecule has 1 N–H and O–H groups in total. The first-order chi connectivity index (χ1) is 8.10. The molecule has 0 bridgehead atoms. The third-order valence-electron chi connectivity index (χ3n) is 2.75. The van der Waals surface area contributed by atoms with E-state index in [1.54, 1.807) is 0 Å². The predicted molar refractivity (Wildman–Crippen MR) is 60.3 cm³/mol. The summed E-state index contributed by atoms with van der Waals surface area (Å²) in [6, 6.07) is 0. The van der Waals surface area contributed by atoms with Crippen molar-refractivity contribution in [3.63, 3.8) is 0 Å². The third kappa shape index (κ3) is 3.47. The number of cyclic esters (lactones) is 1. The van der Waals surface area contributed by atoms with Crippen LogP contribution in [-0.2, 0) is 19.1 Å². The molecule has 0 aromatic heterocycles. The van der Waals surface area contributed by atoms with E-state index in [4.69, 9.17) is 4.74 Å². The van der Waals surface area contributed by atoms with Gasteiger partial charge in [-0.05, 0) is 12.8 Å². The van der Waals surface area contributed by atoms with E-state index in [0.29, 0.717) is 0 Å². The van der Waals surface area contributed by atoms with Crippen LogP contribution in [0.5, 0.6) is 0 Å². The van der Waals surface area contributed by atoms with E-state index in [1.165, 1.54) is 0 Å². The molecule has 1 rings (SSSR count). The van der Waals surface area contributed by atoms with Gasteiger partial charge in [-0.2, -0.15) is 0 Å². The molecular weight excluding hydrogens is 224 g/mol. The highest BCUT2D eigenvalue weighted by Crippen LogP contribution is 2.26. The highest BCUT2D eigenvalue weighted by atomic mass is 16.6. The number of esters is 2. The summed E-state index contributed by atoms with van der Waals surface area (Å²) in [5.41, 5.74) is 0.0262. The number of aliphatic hydroxyl groups excluding tert-OH is 1. The summed E-state index contributed by atoms with van der Waals surface area (Å²) in [4.78, 5) is 22.5. The Morgan fingerprint density at radius 3 is 2.82 bits per heavy atom.